The van der Waals surface area contributed by atoms with Gasteiger partial charge in [0.25, 0.3) is 0 Å². The number of ether oxygens (including phenoxy) is 1. The summed E-state index contributed by atoms with van der Waals surface area (Å²) < 4.78 is 6.66. The Labute approximate surface area is 298 Å². The molecule has 0 atom stereocenters. The van der Waals surface area contributed by atoms with Crippen molar-refractivity contribution in [3.63, 3.8) is 0 Å². The van der Waals surface area contributed by atoms with Crippen LogP contribution in [0.2, 0.25) is 0 Å². The van der Waals surface area contributed by atoms with E-state index in [1.165, 1.54) is 0 Å². The van der Waals surface area contributed by atoms with Gasteiger partial charge in [-0.05, 0) is 89.5 Å². The SMILES string of the molecule is CC(C)OC1=C(C2=C3C=CC(=N3)C(c3ccccc3)=C3C=CC(=N3)C(Br)=C3C=CC(=N3)C(c3ccccc3)=C3C=CC2=N3)C([O-])=C1[O-].[Zn+2]. The van der Waals surface area contributed by atoms with E-state index in [0.717, 1.165) is 49.6 Å². The zero-order valence-electron chi connectivity index (χ0n) is 26.1. The van der Waals surface area contributed by atoms with E-state index in [0.29, 0.717) is 28.4 Å². The van der Waals surface area contributed by atoms with Gasteiger partial charge in [0.1, 0.15) is 5.76 Å². The Morgan fingerprint density at radius 3 is 1.46 bits per heavy atom. The van der Waals surface area contributed by atoms with Crippen molar-refractivity contribution in [1.29, 1.82) is 0 Å². The molecule has 2 aromatic rings. The zero-order valence-corrected chi connectivity index (χ0v) is 30.6. The molecule has 9 heteroatoms. The first-order valence-electron chi connectivity index (χ1n) is 15.2. The Morgan fingerprint density at radius 1 is 0.521 bits per heavy atom. The number of fused-ring (bicyclic) bond motifs is 4. The first-order valence-corrected chi connectivity index (χ1v) is 16.0. The molecule has 5 heterocycles. The monoisotopic (exact) mass is 740 g/mol. The van der Waals surface area contributed by atoms with E-state index in [1.54, 1.807) is 0 Å². The van der Waals surface area contributed by atoms with E-state index in [9.17, 15) is 10.2 Å². The third-order valence-corrected chi connectivity index (χ3v) is 8.95. The molecule has 0 aromatic heterocycles. The number of aliphatic imine (C=N–C) groups is 4. The molecule has 2 aromatic carbocycles. The summed E-state index contributed by atoms with van der Waals surface area (Å²) in [6.07, 6.45) is 15.1. The number of rotatable bonds is 5. The molecule has 0 radical (unpaired) electrons. The fraction of sp³-hybridized carbons (Fsp3) is 0.0769. The van der Waals surface area contributed by atoms with E-state index in [4.69, 9.17) is 24.7 Å². The fourth-order valence-corrected chi connectivity index (χ4v) is 6.50. The van der Waals surface area contributed by atoms with Crippen LogP contribution in [0.25, 0.3) is 11.1 Å². The van der Waals surface area contributed by atoms with Gasteiger partial charge in [-0.2, -0.15) is 0 Å². The summed E-state index contributed by atoms with van der Waals surface area (Å²) in [4.78, 5) is 20.2. The predicted octanol–water partition coefficient (Wildman–Crippen LogP) is 6.35. The van der Waals surface area contributed by atoms with Crippen molar-refractivity contribution in [2.45, 2.75) is 20.0 Å². The fourth-order valence-electron chi connectivity index (χ4n) is 6.06. The van der Waals surface area contributed by atoms with Crippen molar-refractivity contribution in [2.75, 3.05) is 0 Å². The first kappa shape index (κ1) is 31.6. The van der Waals surface area contributed by atoms with Crippen LogP contribution in [0.1, 0.15) is 25.0 Å². The van der Waals surface area contributed by atoms with Crippen molar-refractivity contribution in [3.8, 4) is 0 Å². The van der Waals surface area contributed by atoms with E-state index in [1.807, 2.05) is 123 Å². The smallest absolute Gasteiger partial charge is 0.872 e. The second-order valence-corrected chi connectivity index (χ2v) is 12.4. The molecule has 1 aliphatic carbocycles. The van der Waals surface area contributed by atoms with E-state index >= 15 is 0 Å². The first-order chi connectivity index (χ1) is 22.9. The molecule has 228 valence electrons. The Hall–Kier alpha value is -4.98. The maximum atomic E-state index is 13.3. The normalized spacial score (nSPS) is 19.4. The van der Waals surface area contributed by atoms with E-state index < -0.39 is 11.5 Å². The van der Waals surface area contributed by atoms with Gasteiger partial charge in [-0.3, -0.25) is 0 Å². The number of benzene rings is 2. The van der Waals surface area contributed by atoms with Crippen molar-refractivity contribution in [2.24, 2.45) is 20.0 Å². The van der Waals surface area contributed by atoms with Crippen LogP contribution in [0.5, 0.6) is 0 Å². The van der Waals surface area contributed by atoms with Crippen LogP contribution in [0.4, 0.5) is 0 Å². The quantitative estimate of drug-likeness (QED) is 0.334. The van der Waals surface area contributed by atoms with Gasteiger partial charge in [0.05, 0.1) is 56.2 Å². The largest absolute Gasteiger partial charge is 2.00 e. The van der Waals surface area contributed by atoms with Gasteiger partial charge in [0.15, 0.2) is 0 Å². The molecule has 0 saturated heterocycles. The predicted molar refractivity (Wildman–Crippen MR) is 186 cm³/mol. The molecule has 0 saturated carbocycles. The minimum Gasteiger partial charge on any atom is -0.872 e. The second-order valence-electron chi connectivity index (χ2n) is 11.6. The molecule has 48 heavy (non-hydrogen) atoms. The number of nitrogens with zero attached hydrogens (tertiary/aromatic N) is 4. The van der Waals surface area contributed by atoms with Crippen LogP contribution in [0, 0.1) is 0 Å². The molecular formula is C39H25BrN4O3Zn. The number of hydrogen-bond donors (Lipinski definition) is 0. The Balaban J connectivity index is 0.00000364. The van der Waals surface area contributed by atoms with Crippen molar-refractivity contribution in [1.82, 2.24) is 0 Å². The minimum absolute atomic E-state index is 0. The summed E-state index contributed by atoms with van der Waals surface area (Å²) in [5.41, 5.74) is 9.41. The summed E-state index contributed by atoms with van der Waals surface area (Å²) in [7, 11) is 0. The molecule has 0 amide bonds. The maximum Gasteiger partial charge on any atom is 2.00 e. The van der Waals surface area contributed by atoms with Gasteiger partial charge in [-0.25, -0.2) is 20.0 Å². The Bertz CT molecular complexity index is 2200. The zero-order chi connectivity index (χ0) is 32.2. The molecular weight excluding hydrogens is 718 g/mol. The summed E-state index contributed by atoms with van der Waals surface area (Å²) in [6, 6.07) is 19.9. The maximum absolute atomic E-state index is 13.3. The number of allylic oxidation sites excluding steroid dienone is 12. The summed E-state index contributed by atoms with van der Waals surface area (Å²) in [6.45, 7) is 3.64. The Kier molecular flexibility index (Phi) is 8.28. The van der Waals surface area contributed by atoms with Crippen LogP contribution in [-0.2, 0) is 24.2 Å². The van der Waals surface area contributed by atoms with Gasteiger partial charge < -0.3 is 14.9 Å². The van der Waals surface area contributed by atoms with Crippen LogP contribution in [0.15, 0.2) is 185 Å². The van der Waals surface area contributed by atoms with Crippen LogP contribution in [0.3, 0.4) is 0 Å². The van der Waals surface area contributed by atoms with Crippen LogP contribution >= 0.6 is 15.9 Å². The van der Waals surface area contributed by atoms with Gasteiger partial charge in [0.2, 0.25) is 0 Å². The average molecular weight is 743 g/mol. The average Bonchev–Trinajstić information content (AvgIpc) is 3.92. The van der Waals surface area contributed by atoms with Gasteiger partial charge in [-0.1, -0.05) is 66.4 Å². The number of halogens is 1. The minimum atomic E-state index is -0.649. The summed E-state index contributed by atoms with van der Waals surface area (Å²) in [5, 5.41) is 26.1. The topological polar surface area (TPSA) is 105 Å². The molecule has 8 bridgehead atoms. The standard InChI is InChI=1S/C39H27BrN4O3.Zn/c1-21(2)47-39-35(37(45)38(39)46)34-28-15-13-24(41-28)32(22-9-5-3-6-10-22)26-17-19-30(43-26)36(40)31-20-18-27(44-31)33(23-11-7-4-8-12-23)25-14-16-29(34)42-25;/h3-21,45-46H,1-2H3;/q;+2/p-2. The van der Waals surface area contributed by atoms with Gasteiger partial charge in [0, 0.05) is 22.3 Å². The molecule has 0 N–H and O–H groups in total. The molecule has 6 aliphatic rings. The third-order valence-electron chi connectivity index (χ3n) is 8.14. The van der Waals surface area contributed by atoms with E-state index in [2.05, 4.69) is 15.9 Å². The molecule has 0 fully saturated rings. The summed E-state index contributed by atoms with van der Waals surface area (Å²) >= 11 is 3.78. The molecule has 0 spiro atoms. The van der Waals surface area contributed by atoms with Crippen molar-refractivity contribution < 1.29 is 34.4 Å². The third kappa shape index (κ3) is 5.33. The second kappa shape index (κ2) is 12.6. The van der Waals surface area contributed by atoms with Gasteiger partial charge >= 0.3 is 19.5 Å². The molecule has 0 unspecified atom stereocenters. The van der Waals surface area contributed by atoms with Gasteiger partial charge in [-0.15, -0.1) is 5.76 Å². The molecule has 7 nitrogen and oxygen atoms in total. The summed E-state index contributed by atoms with van der Waals surface area (Å²) in [5.74, 6) is -1.24. The van der Waals surface area contributed by atoms with Crippen LogP contribution in [-0.4, -0.2) is 29.0 Å². The van der Waals surface area contributed by atoms with Crippen molar-refractivity contribution in [3.05, 3.63) is 176 Å². The molecule has 5 aliphatic heterocycles. The van der Waals surface area contributed by atoms with Crippen molar-refractivity contribution >= 4 is 49.9 Å². The van der Waals surface area contributed by atoms with Crippen LogP contribution < -0.4 is 10.2 Å². The Morgan fingerprint density at radius 2 is 0.938 bits per heavy atom. The molecule has 8 rings (SSSR count). The van der Waals surface area contributed by atoms with E-state index in [-0.39, 0.29) is 36.9 Å². The number of hydrogen-bond acceptors (Lipinski definition) is 7.